The first-order valence-electron chi connectivity index (χ1n) is 11.3. The number of amides is 1. The van der Waals surface area contributed by atoms with Gasteiger partial charge in [0.25, 0.3) is 5.91 Å². The minimum Gasteiger partial charge on any atom is -0.497 e. The van der Waals surface area contributed by atoms with E-state index in [1.165, 1.54) is 5.57 Å². The number of methoxy groups -OCH3 is 2. The first kappa shape index (κ1) is 24.0. The van der Waals surface area contributed by atoms with Crippen LogP contribution in [0.4, 0.5) is 0 Å². The maximum Gasteiger partial charge on any atom is 0.261 e. The van der Waals surface area contributed by atoms with Crippen LogP contribution in [0.2, 0.25) is 0 Å². The van der Waals surface area contributed by atoms with Crippen molar-refractivity contribution < 1.29 is 19.0 Å². The van der Waals surface area contributed by atoms with Crippen LogP contribution >= 0.6 is 11.6 Å². The molecule has 0 saturated heterocycles. The lowest BCUT2D eigenvalue weighted by molar-refractivity contribution is 0.0805. The average Bonchev–Trinajstić information content (AvgIpc) is 3.02. The van der Waals surface area contributed by atoms with E-state index in [0.29, 0.717) is 35.2 Å². The zero-order valence-corrected chi connectivity index (χ0v) is 20.3. The number of aromatic nitrogens is 2. The molecule has 180 valence electrons. The molecule has 0 aliphatic carbocycles. The lowest BCUT2D eigenvalue weighted by Gasteiger charge is -2.27. The first-order chi connectivity index (χ1) is 16.6. The van der Waals surface area contributed by atoms with E-state index in [-0.39, 0.29) is 11.8 Å². The van der Waals surface area contributed by atoms with E-state index in [9.17, 15) is 4.79 Å². The molecule has 34 heavy (non-hydrogen) atoms. The summed E-state index contributed by atoms with van der Waals surface area (Å²) in [5.74, 6) is 1.74. The number of benzene rings is 1. The second-order valence-electron chi connectivity index (χ2n) is 8.11. The number of fused-ring (bicyclic) bond motifs is 1. The SMILES string of the molecule is COc1ccc2c(c1)OC=C(CCl)N(CCCCN1CC=C(c3cncc(OC)n3)CC1)C2=O. The molecule has 0 fully saturated rings. The molecule has 2 aliphatic rings. The summed E-state index contributed by atoms with van der Waals surface area (Å²) in [6, 6.07) is 5.21. The molecule has 3 heterocycles. The van der Waals surface area contributed by atoms with Crippen molar-refractivity contribution in [1.82, 2.24) is 19.8 Å². The first-order valence-corrected chi connectivity index (χ1v) is 11.9. The summed E-state index contributed by atoms with van der Waals surface area (Å²) in [7, 11) is 3.18. The standard InChI is InChI=1S/C25H29ClN4O4/c1-32-20-5-6-21-23(13-20)34-17-19(14-26)30(25(21)31)10-4-3-9-29-11-7-18(8-12-29)22-15-27-16-24(28-22)33-2/h5-7,13,15-17H,3-4,8-12,14H2,1-2H3. The Morgan fingerprint density at radius 3 is 2.74 bits per heavy atom. The lowest BCUT2D eigenvalue weighted by atomic mass is 10.0. The van der Waals surface area contributed by atoms with Crippen LogP contribution in [0.1, 0.15) is 35.3 Å². The van der Waals surface area contributed by atoms with Crippen molar-refractivity contribution in [3.8, 4) is 17.4 Å². The highest BCUT2D eigenvalue weighted by atomic mass is 35.5. The van der Waals surface area contributed by atoms with Gasteiger partial charge in [0.2, 0.25) is 5.88 Å². The Kier molecular flexibility index (Phi) is 8.03. The number of carbonyl (C=O) groups is 1. The Hall–Kier alpha value is -3.10. The number of hydrogen-bond acceptors (Lipinski definition) is 7. The van der Waals surface area contributed by atoms with Crippen LogP contribution in [0.5, 0.6) is 17.4 Å². The fourth-order valence-electron chi connectivity index (χ4n) is 4.08. The van der Waals surface area contributed by atoms with Gasteiger partial charge in [-0.2, -0.15) is 0 Å². The average molecular weight is 485 g/mol. The van der Waals surface area contributed by atoms with Crippen molar-refractivity contribution in [1.29, 1.82) is 0 Å². The van der Waals surface area contributed by atoms with Crippen molar-refractivity contribution in [3.63, 3.8) is 0 Å². The van der Waals surface area contributed by atoms with E-state index >= 15 is 0 Å². The summed E-state index contributed by atoms with van der Waals surface area (Å²) in [6.45, 7) is 3.37. The molecule has 0 bridgehead atoms. The van der Waals surface area contributed by atoms with E-state index < -0.39 is 0 Å². The number of ether oxygens (including phenoxy) is 3. The minimum absolute atomic E-state index is 0.105. The fourth-order valence-corrected chi connectivity index (χ4v) is 4.28. The zero-order chi connectivity index (χ0) is 23.9. The second kappa shape index (κ2) is 11.4. The number of nitrogens with zero attached hydrogens (tertiary/aromatic N) is 4. The van der Waals surface area contributed by atoms with Crippen LogP contribution < -0.4 is 14.2 Å². The lowest BCUT2D eigenvalue weighted by Crippen LogP contribution is -2.33. The van der Waals surface area contributed by atoms with Gasteiger partial charge in [-0.25, -0.2) is 4.98 Å². The molecule has 0 unspecified atom stereocenters. The van der Waals surface area contributed by atoms with Crippen molar-refractivity contribution in [2.75, 3.05) is 46.3 Å². The third-order valence-electron chi connectivity index (χ3n) is 6.02. The summed E-state index contributed by atoms with van der Waals surface area (Å²) in [5, 5.41) is 0. The Morgan fingerprint density at radius 1 is 1.15 bits per heavy atom. The number of rotatable bonds is 9. The van der Waals surface area contributed by atoms with Crippen LogP contribution in [0.3, 0.4) is 0 Å². The molecule has 0 atom stereocenters. The van der Waals surface area contributed by atoms with Gasteiger partial charge in [0, 0.05) is 25.7 Å². The van der Waals surface area contributed by atoms with Gasteiger partial charge in [0.1, 0.15) is 17.8 Å². The minimum atomic E-state index is -0.105. The summed E-state index contributed by atoms with van der Waals surface area (Å²) >= 11 is 6.13. The summed E-state index contributed by atoms with van der Waals surface area (Å²) < 4.78 is 16.2. The van der Waals surface area contributed by atoms with Crippen LogP contribution in [0, 0.1) is 0 Å². The Bertz CT molecular complexity index is 1090. The van der Waals surface area contributed by atoms with Crippen molar-refractivity contribution >= 4 is 23.1 Å². The van der Waals surface area contributed by atoms with Crippen molar-refractivity contribution in [2.45, 2.75) is 19.3 Å². The smallest absolute Gasteiger partial charge is 0.261 e. The molecule has 9 heteroatoms. The van der Waals surface area contributed by atoms with Gasteiger partial charge in [0.05, 0.1) is 49.4 Å². The topological polar surface area (TPSA) is 77.0 Å². The molecule has 1 amide bonds. The van der Waals surface area contributed by atoms with Gasteiger partial charge in [0.15, 0.2) is 0 Å². The monoisotopic (exact) mass is 484 g/mol. The second-order valence-corrected chi connectivity index (χ2v) is 8.38. The van der Waals surface area contributed by atoms with E-state index in [2.05, 4.69) is 20.9 Å². The quantitative estimate of drug-likeness (QED) is 0.393. The fraction of sp³-hybridized carbons (Fsp3) is 0.400. The molecule has 2 aliphatic heterocycles. The Balaban J connectivity index is 1.30. The van der Waals surface area contributed by atoms with Crippen LogP contribution in [0.15, 0.2) is 48.6 Å². The maximum atomic E-state index is 13.2. The van der Waals surface area contributed by atoms with Gasteiger partial charge in [-0.15, -0.1) is 11.6 Å². The van der Waals surface area contributed by atoms with E-state index in [1.54, 1.807) is 56.0 Å². The molecule has 0 spiro atoms. The molecule has 2 aromatic rings. The van der Waals surface area contributed by atoms with E-state index in [4.69, 9.17) is 25.8 Å². The van der Waals surface area contributed by atoms with Gasteiger partial charge in [-0.3, -0.25) is 14.7 Å². The number of halogens is 1. The Morgan fingerprint density at radius 2 is 2.00 bits per heavy atom. The highest BCUT2D eigenvalue weighted by molar-refractivity contribution is 6.19. The normalized spacial score (nSPS) is 16.2. The predicted octanol–water partition coefficient (Wildman–Crippen LogP) is 3.98. The zero-order valence-electron chi connectivity index (χ0n) is 19.5. The van der Waals surface area contributed by atoms with Crippen molar-refractivity contribution in [2.24, 2.45) is 0 Å². The summed E-state index contributed by atoms with van der Waals surface area (Å²) in [5.41, 5.74) is 3.24. The van der Waals surface area contributed by atoms with Gasteiger partial charge < -0.3 is 19.1 Å². The highest BCUT2D eigenvalue weighted by Gasteiger charge is 2.26. The molecule has 0 saturated carbocycles. The van der Waals surface area contributed by atoms with E-state index in [1.807, 2.05) is 0 Å². The molecule has 4 rings (SSSR count). The molecule has 1 aromatic carbocycles. The number of unbranched alkanes of at least 4 members (excludes halogenated alkanes) is 1. The van der Waals surface area contributed by atoms with Crippen molar-refractivity contribution in [3.05, 3.63) is 59.9 Å². The molecule has 8 nitrogen and oxygen atoms in total. The third kappa shape index (κ3) is 5.51. The maximum absolute atomic E-state index is 13.2. The number of allylic oxidation sites excluding steroid dienone is 1. The predicted molar refractivity (Wildman–Crippen MR) is 130 cm³/mol. The van der Waals surface area contributed by atoms with Gasteiger partial charge in [-0.05, 0) is 43.5 Å². The van der Waals surface area contributed by atoms with Crippen LogP contribution in [0.25, 0.3) is 5.57 Å². The molecule has 1 aromatic heterocycles. The molecular weight excluding hydrogens is 456 g/mol. The highest BCUT2D eigenvalue weighted by Crippen LogP contribution is 2.30. The Labute approximate surface area is 204 Å². The van der Waals surface area contributed by atoms with Crippen LogP contribution in [-0.4, -0.2) is 72.0 Å². The molecular formula is C25H29ClN4O4. The number of carbonyl (C=O) groups excluding carboxylic acids is 1. The van der Waals surface area contributed by atoms with Gasteiger partial charge in [-0.1, -0.05) is 6.08 Å². The number of alkyl halides is 1. The number of hydrogen-bond donors (Lipinski definition) is 0. The molecule has 0 radical (unpaired) electrons. The third-order valence-corrected chi connectivity index (χ3v) is 6.29. The largest absolute Gasteiger partial charge is 0.497 e. The van der Waals surface area contributed by atoms with Gasteiger partial charge >= 0.3 is 0 Å². The van der Waals surface area contributed by atoms with E-state index in [0.717, 1.165) is 44.6 Å². The summed E-state index contributed by atoms with van der Waals surface area (Å²) in [6.07, 6.45) is 9.92. The van der Waals surface area contributed by atoms with Crippen LogP contribution in [-0.2, 0) is 0 Å². The summed E-state index contributed by atoms with van der Waals surface area (Å²) in [4.78, 5) is 26.0. The molecule has 0 N–H and O–H groups in total.